The van der Waals surface area contributed by atoms with Crippen LogP contribution in [0.5, 0.6) is 5.75 Å². The van der Waals surface area contributed by atoms with Crippen LogP contribution < -0.4 is 8.91 Å². The number of rotatable bonds is 7. The highest BCUT2D eigenvalue weighted by Gasteiger charge is 2.12. The highest BCUT2D eigenvalue weighted by Crippen LogP contribution is 2.18. The van der Waals surface area contributed by atoms with E-state index in [1.807, 2.05) is 0 Å². The fraction of sp³-hybridized carbons (Fsp3) is 0.333. The topological polar surface area (TPSA) is 108 Å². The molecule has 0 saturated carbocycles. The molecular formula is C9H12N2O6S. The van der Waals surface area contributed by atoms with Crippen molar-refractivity contribution >= 4 is 16.0 Å². The van der Waals surface area contributed by atoms with Crippen molar-refractivity contribution in [2.75, 3.05) is 20.3 Å². The third-order valence-electron chi connectivity index (χ3n) is 1.84. The number of hydrogen-bond acceptors (Lipinski definition) is 6. The Morgan fingerprint density at radius 3 is 2.44 bits per heavy atom. The molecule has 1 N–H and O–H groups in total. The Morgan fingerprint density at radius 2 is 1.94 bits per heavy atom. The smallest absolute Gasteiger partial charge is 0.382 e. The number of nitro benzene ring substituents is 1. The van der Waals surface area contributed by atoms with Gasteiger partial charge >= 0.3 is 10.3 Å². The van der Waals surface area contributed by atoms with Crippen molar-refractivity contribution in [3.8, 4) is 5.75 Å². The number of nitro groups is 1. The molecule has 1 aromatic rings. The highest BCUT2D eigenvalue weighted by molar-refractivity contribution is 7.85. The van der Waals surface area contributed by atoms with Crippen molar-refractivity contribution in [1.29, 1.82) is 0 Å². The molecule has 0 aliphatic rings. The fourth-order valence-electron chi connectivity index (χ4n) is 1.05. The minimum Gasteiger partial charge on any atom is -0.383 e. The number of nitrogens with one attached hydrogen (secondary N) is 1. The zero-order chi connectivity index (χ0) is 13.6. The molecule has 0 aromatic heterocycles. The van der Waals surface area contributed by atoms with Crippen LogP contribution in [0.1, 0.15) is 0 Å². The molecule has 0 bridgehead atoms. The summed E-state index contributed by atoms with van der Waals surface area (Å²) in [5.74, 6) is -0.00878. The van der Waals surface area contributed by atoms with Gasteiger partial charge in [-0.1, -0.05) is 0 Å². The molecular weight excluding hydrogens is 264 g/mol. The summed E-state index contributed by atoms with van der Waals surface area (Å²) in [5, 5.41) is 10.4. The van der Waals surface area contributed by atoms with Crippen LogP contribution in [0.3, 0.4) is 0 Å². The number of benzene rings is 1. The predicted molar refractivity (Wildman–Crippen MR) is 62.5 cm³/mol. The monoisotopic (exact) mass is 276 g/mol. The average Bonchev–Trinajstić information content (AvgIpc) is 2.29. The number of nitrogens with zero attached hydrogens (tertiary/aromatic N) is 1. The maximum absolute atomic E-state index is 11.4. The van der Waals surface area contributed by atoms with E-state index in [0.29, 0.717) is 0 Å². The predicted octanol–water partition coefficient (Wildman–Crippen LogP) is 0.454. The summed E-state index contributed by atoms with van der Waals surface area (Å²) in [7, 11) is -2.50. The normalized spacial score (nSPS) is 11.2. The molecule has 8 nitrogen and oxygen atoms in total. The summed E-state index contributed by atoms with van der Waals surface area (Å²) in [6.07, 6.45) is 0. The summed E-state index contributed by atoms with van der Waals surface area (Å²) in [6.45, 7) is 0.286. The third-order valence-corrected chi connectivity index (χ3v) is 2.81. The van der Waals surface area contributed by atoms with E-state index in [0.717, 1.165) is 12.1 Å². The molecule has 0 aliphatic carbocycles. The maximum Gasteiger partial charge on any atom is 0.382 e. The van der Waals surface area contributed by atoms with Crippen LogP contribution in [0.15, 0.2) is 24.3 Å². The zero-order valence-corrected chi connectivity index (χ0v) is 10.3. The Labute approximate surface area is 104 Å². The lowest BCUT2D eigenvalue weighted by Crippen LogP contribution is -2.31. The minimum atomic E-state index is -3.94. The summed E-state index contributed by atoms with van der Waals surface area (Å²) >= 11 is 0. The molecule has 0 unspecified atom stereocenters. The van der Waals surface area contributed by atoms with Crippen molar-refractivity contribution in [1.82, 2.24) is 4.72 Å². The first-order valence-corrected chi connectivity index (χ1v) is 6.28. The van der Waals surface area contributed by atoms with Crippen LogP contribution in [0.4, 0.5) is 5.69 Å². The van der Waals surface area contributed by atoms with Gasteiger partial charge in [0.25, 0.3) is 5.69 Å². The average molecular weight is 276 g/mol. The van der Waals surface area contributed by atoms with E-state index in [9.17, 15) is 18.5 Å². The molecule has 0 radical (unpaired) electrons. The summed E-state index contributed by atoms with van der Waals surface area (Å²) < 4.78 is 34.2. The largest absolute Gasteiger partial charge is 0.383 e. The lowest BCUT2D eigenvalue weighted by atomic mass is 10.3. The van der Waals surface area contributed by atoms with Crippen LogP contribution >= 0.6 is 0 Å². The highest BCUT2D eigenvalue weighted by atomic mass is 32.2. The van der Waals surface area contributed by atoms with Gasteiger partial charge in [0.05, 0.1) is 11.5 Å². The SMILES string of the molecule is COCCNS(=O)(=O)Oc1ccc([N+](=O)[O-])cc1. The Bertz CT molecular complexity index is 498. The van der Waals surface area contributed by atoms with Crippen molar-refractivity contribution in [2.45, 2.75) is 0 Å². The fourth-order valence-corrected chi connectivity index (χ4v) is 1.81. The number of non-ortho nitro benzene ring substituents is 1. The van der Waals surface area contributed by atoms with Crippen LogP contribution in [0.2, 0.25) is 0 Å². The van der Waals surface area contributed by atoms with E-state index in [1.54, 1.807) is 0 Å². The molecule has 100 valence electrons. The van der Waals surface area contributed by atoms with Crippen molar-refractivity contribution < 1.29 is 22.3 Å². The molecule has 0 fully saturated rings. The lowest BCUT2D eigenvalue weighted by Gasteiger charge is -2.07. The number of methoxy groups -OCH3 is 1. The van der Waals surface area contributed by atoms with Gasteiger partial charge in [0, 0.05) is 25.8 Å². The molecule has 0 spiro atoms. The van der Waals surface area contributed by atoms with E-state index in [1.165, 1.54) is 19.2 Å². The van der Waals surface area contributed by atoms with Crippen molar-refractivity contribution in [2.24, 2.45) is 0 Å². The molecule has 0 aliphatic heterocycles. The van der Waals surface area contributed by atoms with E-state index < -0.39 is 15.2 Å². The van der Waals surface area contributed by atoms with Gasteiger partial charge < -0.3 is 8.92 Å². The Kier molecular flexibility index (Phi) is 5.01. The third kappa shape index (κ3) is 4.65. The molecule has 1 aromatic carbocycles. The van der Waals surface area contributed by atoms with Crippen LogP contribution in [-0.4, -0.2) is 33.6 Å². The summed E-state index contributed by atoms with van der Waals surface area (Å²) in [5.41, 5.74) is -0.146. The van der Waals surface area contributed by atoms with Gasteiger partial charge in [-0.25, -0.2) is 0 Å². The van der Waals surface area contributed by atoms with E-state index in [2.05, 4.69) is 13.6 Å². The van der Waals surface area contributed by atoms with Gasteiger partial charge in [0.1, 0.15) is 5.75 Å². The summed E-state index contributed by atoms with van der Waals surface area (Å²) in [6, 6.07) is 4.71. The Morgan fingerprint density at radius 1 is 1.33 bits per heavy atom. The molecule has 1 rings (SSSR count). The van der Waals surface area contributed by atoms with Gasteiger partial charge in [-0.05, 0) is 12.1 Å². The van der Waals surface area contributed by atoms with Gasteiger partial charge in [-0.3, -0.25) is 10.1 Å². The van der Waals surface area contributed by atoms with E-state index in [4.69, 9.17) is 0 Å². The van der Waals surface area contributed by atoms with Gasteiger partial charge in [-0.15, -0.1) is 0 Å². The van der Waals surface area contributed by atoms with Gasteiger partial charge in [0.2, 0.25) is 0 Å². The second kappa shape index (κ2) is 6.28. The molecule has 0 saturated heterocycles. The molecule has 0 heterocycles. The first kappa shape index (κ1) is 14.4. The van der Waals surface area contributed by atoms with Gasteiger partial charge in [-0.2, -0.15) is 13.1 Å². The van der Waals surface area contributed by atoms with Crippen LogP contribution in [-0.2, 0) is 15.0 Å². The maximum atomic E-state index is 11.4. The zero-order valence-electron chi connectivity index (χ0n) is 9.53. The summed E-state index contributed by atoms with van der Waals surface area (Å²) in [4.78, 5) is 9.80. The van der Waals surface area contributed by atoms with E-state index in [-0.39, 0.29) is 24.6 Å². The number of ether oxygens (including phenoxy) is 1. The van der Waals surface area contributed by atoms with Crippen molar-refractivity contribution in [3.63, 3.8) is 0 Å². The van der Waals surface area contributed by atoms with Crippen LogP contribution in [0.25, 0.3) is 0 Å². The Balaban J connectivity index is 2.63. The quantitative estimate of drug-likeness (QED) is 0.440. The van der Waals surface area contributed by atoms with E-state index >= 15 is 0 Å². The first-order valence-electron chi connectivity index (χ1n) is 4.87. The number of hydrogen-bond donors (Lipinski definition) is 1. The molecule has 9 heteroatoms. The molecule has 18 heavy (non-hydrogen) atoms. The second-order valence-electron chi connectivity index (χ2n) is 3.18. The van der Waals surface area contributed by atoms with Gasteiger partial charge in [0.15, 0.2) is 0 Å². The first-order chi connectivity index (χ1) is 8.44. The second-order valence-corrected chi connectivity index (χ2v) is 4.54. The minimum absolute atomic E-state index is 0.00878. The van der Waals surface area contributed by atoms with Crippen molar-refractivity contribution in [3.05, 3.63) is 34.4 Å². The lowest BCUT2D eigenvalue weighted by molar-refractivity contribution is -0.384. The molecule has 0 amide bonds. The van der Waals surface area contributed by atoms with Crippen LogP contribution in [0, 0.1) is 10.1 Å². The Hall–Kier alpha value is -1.71. The molecule has 0 atom stereocenters. The standard InChI is InChI=1S/C9H12N2O6S/c1-16-7-6-10-18(14,15)17-9-4-2-8(3-5-9)11(12)13/h2-5,10H,6-7H2,1H3.